The lowest BCUT2D eigenvalue weighted by Gasteiger charge is -2.38. The van der Waals surface area contributed by atoms with E-state index in [0.29, 0.717) is 12.5 Å². The third-order valence-electron chi connectivity index (χ3n) is 3.72. The van der Waals surface area contributed by atoms with E-state index in [2.05, 4.69) is 34.6 Å². The van der Waals surface area contributed by atoms with Gasteiger partial charge in [-0.25, -0.2) is 0 Å². The highest BCUT2D eigenvalue weighted by Crippen LogP contribution is 2.46. The van der Waals surface area contributed by atoms with Gasteiger partial charge in [0.15, 0.2) is 0 Å². The molecule has 0 spiro atoms. The minimum absolute atomic E-state index is 0.0676. The number of methoxy groups -OCH3 is 1. The van der Waals surface area contributed by atoms with E-state index in [4.69, 9.17) is 15.2 Å². The van der Waals surface area contributed by atoms with E-state index in [0.717, 1.165) is 12.8 Å². The molecule has 0 bridgehead atoms. The van der Waals surface area contributed by atoms with Gasteiger partial charge in [0, 0.05) is 25.2 Å². The molecule has 0 saturated carbocycles. The lowest BCUT2D eigenvalue weighted by molar-refractivity contribution is -0.0821. The molecular formula is C13H27NO2. The molecule has 1 fully saturated rings. The molecule has 3 nitrogen and oxygen atoms in total. The molecule has 1 aliphatic heterocycles. The predicted molar refractivity (Wildman–Crippen MR) is 66.4 cm³/mol. The average Bonchev–Trinajstić information content (AvgIpc) is 2.31. The van der Waals surface area contributed by atoms with E-state index in [1.165, 1.54) is 0 Å². The summed E-state index contributed by atoms with van der Waals surface area (Å²) < 4.78 is 11.2. The first kappa shape index (κ1) is 13.9. The van der Waals surface area contributed by atoms with E-state index in [9.17, 15) is 0 Å². The molecule has 0 aromatic heterocycles. The molecule has 2 unspecified atom stereocenters. The van der Waals surface area contributed by atoms with Gasteiger partial charge in [-0.2, -0.15) is 0 Å². The van der Waals surface area contributed by atoms with Gasteiger partial charge in [0.05, 0.1) is 11.2 Å². The van der Waals surface area contributed by atoms with Crippen molar-refractivity contribution in [1.82, 2.24) is 0 Å². The number of nitrogens with two attached hydrogens (primary N) is 1. The second kappa shape index (κ2) is 4.28. The summed E-state index contributed by atoms with van der Waals surface area (Å²) in [5.74, 6) is 0.366. The third kappa shape index (κ3) is 2.96. The van der Waals surface area contributed by atoms with Crippen molar-refractivity contribution >= 4 is 0 Å². The van der Waals surface area contributed by atoms with E-state index in [-0.39, 0.29) is 16.7 Å². The summed E-state index contributed by atoms with van der Waals surface area (Å²) in [6, 6.07) is 0. The van der Waals surface area contributed by atoms with Crippen LogP contribution in [0.4, 0.5) is 0 Å². The van der Waals surface area contributed by atoms with Crippen LogP contribution in [0.1, 0.15) is 47.5 Å². The van der Waals surface area contributed by atoms with E-state index >= 15 is 0 Å². The Morgan fingerprint density at radius 2 is 1.94 bits per heavy atom. The second-order valence-electron chi connectivity index (χ2n) is 6.47. The molecule has 2 N–H and O–H groups in total. The predicted octanol–water partition coefficient (Wildman–Crippen LogP) is 2.33. The Hall–Kier alpha value is -0.120. The molecule has 0 aromatic carbocycles. The van der Waals surface area contributed by atoms with Crippen molar-refractivity contribution in [3.05, 3.63) is 0 Å². The summed E-state index contributed by atoms with van der Waals surface area (Å²) in [6.07, 6.45) is 1.88. The monoisotopic (exact) mass is 229 g/mol. The van der Waals surface area contributed by atoms with Crippen molar-refractivity contribution in [3.63, 3.8) is 0 Å². The van der Waals surface area contributed by atoms with Gasteiger partial charge >= 0.3 is 0 Å². The molecule has 0 aliphatic carbocycles. The van der Waals surface area contributed by atoms with Gasteiger partial charge in [0.1, 0.15) is 0 Å². The summed E-state index contributed by atoms with van der Waals surface area (Å²) >= 11 is 0. The van der Waals surface area contributed by atoms with Crippen LogP contribution in [-0.4, -0.2) is 30.5 Å². The first-order valence-corrected chi connectivity index (χ1v) is 6.09. The molecule has 3 heteroatoms. The first-order valence-electron chi connectivity index (χ1n) is 6.09. The Morgan fingerprint density at radius 3 is 2.31 bits per heavy atom. The van der Waals surface area contributed by atoms with Crippen LogP contribution in [0.3, 0.4) is 0 Å². The lowest BCUT2D eigenvalue weighted by atomic mass is 9.72. The van der Waals surface area contributed by atoms with Crippen molar-refractivity contribution in [1.29, 1.82) is 0 Å². The van der Waals surface area contributed by atoms with Gasteiger partial charge in [-0.05, 0) is 47.5 Å². The highest BCUT2D eigenvalue weighted by Gasteiger charge is 2.51. The Balaban J connectivity index is 2.79. The zero-order valence-electron chi connectivity index (χ0n) is 11.6. The Morgan fingerprint density at radius 1 is 1.38 bits per heavy atom. The molecule has 0 aromatic rings. The maximum Gasteiger partial charge on any atom is 0.0680 e. The number of hydrogen-bond donors (Lipinski definition) is 1. The van der Waals surface area contributed by atoms with Crippen molar-refractivity contribution in [3.8, 4) is 0 Å². The van der Waals surface area contributed by atoms with Crippen LogP contribution in [0.25, 0.3) is 0 Å². The maximum atomic E-state index is 6.44. The van der Waals surface area contributed by atoms with Crippen LogP contribution in [0.2, 0.25) is 0 Å². The summed E-state index contributed by atoms with van der Waals surface area (Å²) in [7, 11) is 1.72. The molecule has 0 radical (unpaired) electrons. The Bertz CT molecular complexity index is 246. The van der Waals surface area contributed by atoms with Crippen LogP contribution >= 0.6 is 0 Å². The van der Waals surface area contributed by atoms with Crippen LogP contribution in [-0.2, 0) is 9.47 Å². The van der Waals surface area contributed by atoms with Crippen LogP contribution in [0, 0.1) is 5.92 Å². The normalized spacial score (nSPS) is 31.3. The molecule has 96 valence electrons. The zero-order chi connectivity index (χ0) is 12.6. The summed E-state index contributed by atoms with van der Waals surface area (Å²) in [4.78, 5) is 0. The van der Waals surface area contributed by atoms with Crippen LogP contribution in [0.15, 0.2) is 0 Å². The molecule has 1 heterocycles. The van der Waals surface area contributed by atoms with Gasteiger partial charge in [-0.1, -0.05) is 0 Å². The molecule has 1 rings (SSSR count). The van der Waals surface area contributed by atoms with Crippen molar-refractivity contribution < 1.29 is 9.47 Å². The molecule has 0 amide bonds. The first-order chi connectivity index (χ1) is 7.11. The number of ether oxygens (including phenoxy) is 2. The van der Waals surface area contributed by atoms with Crippen molar-refractivity contribution in [2.75, 3.05) is 13.7 Å². The van der Waals surface area contributed by atoms with Crippen LogP contribution in [0.5, 0.6) is 0 Å². The zero-order valence-corrected chi connectivity index (χ0v) is 11.6. The Kier molecular flexibility index (Phi) is 3.73. The van der Waals surface area contributed by atoms with Gasteiger partial charge in [-0.3, -0.25) is 0 Å². The maximum absolute atomic E-state index is 6.44. The van der Waals surface area contributed by atoms with Crippen LogP contribution < -0.4 is 5.73 Å². The lowest BCUT2D eigenvalue weighted by Crippen LogP contribution is -2.51. The molecule has 2 atom stereocenters. The molecule has 16 heavy (non-hydrogen) atoms. The van der Waals surface area contributed by atoms with E-state index in [1.54, 1.807) is 7.11 Å². The number of rotatable bonds is 4. The fourth-order valence-corrected chi connectivity index (χ4v) is 3.09. The minimum Gasteiger partial charge on any atom is -0.385 e. The molecule has 1 saturated heterocycles. The summed E-state index contributed by atoms with van der Waals surface area (Å²) in [5.41, 5.74) is 6.00. The summed E-state index contributed by atoms with van der Waals surface area (Å²) in [5, 5.41) is 0. The largest absolute Gasteiger partial charge is 0.385 e. The Labute approximate surface area is 99.7 Å². The average molecular weight is 229 g/mol. The van der Waals surface area contributed by atoms with E-state index < -0.39 is 0 Å². The van der Waals surface area contributed by atoms with E-state index in [1.807, 2.05) is 0 Å². The van der Waals surface area contributed by atoms with Gasteiger partial charge < -0.3 is 15.2 Å². The third-order valence-corrected chi connectivity index (χ3v) is 3.72. The fourth-order valence-electron chi connectivity index (χ4n) is 3.09. The molecule has 1 aliphatic rings. The van der Waals surface area contributed by atoms with Gasteiger partial charge in [-0.15, -0.1) is 0 Å². The van der Waals surface area contributed by atoms with Gasteiger partial charge in [0.25, 0.3) is 0 Å². The standard InChI is InChI=1S/C13H27NO2/c1-11(2)9-10(12(3,4)16-11)13(5,14)7-8-15-6/h10H,7-9,14H2,1-6H3. The van der Waals surface area contributed by atoms with Crippen molar-refractivity contribution in [2.24, 2.45) is 11.7 Å². The SMILES string of the molecule is COCCC(C)(N)C1CC(C)(C)OC1(C)C. The topological polar surface area (TPSA) is 44.5 Å². The second-order valence-corrected chi connectivity index (χ2v) is 6.47. The van der Waals surface area contributed by atoms with Gasteiger partial charge in [0.2, 0.25) is 0 Å². The highest BCUT2D eigenvalue weighted by atomic mass is 16.5. The fraction of sp³-hybridized carbons (Fsp3) is 1.00. The minimum atomic E-state index is -0.229. The van der Waals surface area contributed by atoms with Crippen molar-refractivity contribution in [2.45, 2.75) is 64.2 Å². The highest BCUT2D eigenvalue weighted by molar-refractivity contribution is 5.04. The quantitative estimate of drug-likeness (QED) is 0.804. The smallest absolute Gasteiger partial charge is 0.0680 e. The molecular weight excluding hydrogens is 202 g/mol. The summed E-state index contributed by atoms with van der Waals surface area (Å²) in [6.45, 7) is 11.4. The number of hydrogen-bond acceptors (Lipinski definition) is 3.